The summed E-state index contributed by atoms with van der Waals surface area (Å²) in [6.45, 7) is 8.66. The van der Waals surface area contributed by atoms with Crippen LogP contribution in [-0.2, 0) is 13.1 Å². The first-order chi connectivity index (χ1) is 11.7. The molecule has 2 aromatic rings. The molecule has 0 saturated carbocycles. The lowest BCUT2D eigenvalue weighted by Gasteiger charge is -2.16. The number of nitrogens with one attached hydrogen (secondary N) is 1. The van der Waals surface area contributed by atoms with Crippen molar-refractivity contribution in [3.05, 3.63) is 47.8 Å². The molecule has 128 valence electrons. The molecule has 0 unspecified atom stereocenters. The Labute approximate surface area is 142 Å². The van der Waals surface area contributed by atoms with Gasteiger partial charge in [0.1, 0.15) is 5.82 Å². The number of hydrogen-bond acceptors (Lipinski definition) is 4. The van der Waals surface area contributed by atoms with Gasteiger partial charge in [0, 0.05) is 43.9 Å². The van der Waals surface area contributed by atoms with E-state index in [1.807, 2.05) is 31.5 Å². The van der Waals surface area contributed by atoms with E-state index < -0.39 is 0 Å². The van der Waals surface area contributed by atoms with Gasteiger partial charge in [-0.1, -0.05) is 0 Å². The molecule has 1 atom stereocenters. The van der Waals surface area contributed by atoms with Gasteiger partial charge in [-0.15, -0.1) is 0 Å². The molecule has 0 radical (unpaired) electrons. The summed E-state index contributed by atoms with van der Waals surface area (Å²) in [7, 11) is 0. The predicted octanol–water partition coefficient (Wildman–Crippen LogP) is 1.86. The molecule has 0 aliphatic carbocycles. The number of nitrogens with zero attached hydrogens (tertiary/aromatic N) is 4. The fourth-order valence-electron chi connectivity index (χ4n) is 3.14. The zero-order valence-electron chi connectivity index (χ0n) is 14.4. The van der Waals surface area contributed by atoms with Crippen molar-refractivity contribution in [3.63, 3.8) is 0 Å². The zero-order valence-corrected chi connectivity index (χ0v) is 14.4. The van der Waals surface area contributed by atoms with Crippen molar-refractivity contribution in [1.82, 2.24) is 24.8 Å². The van der Waals surface area contributed by atoms with Crippen LogP contribution in [0.15, 0.2) is 30.7 Å². The van der Waals surface area contributed by atoms with Crippen molar-refractivity contribution in [2.24, 2.45) is 5.92 Å². The molecule has 1 fully saturated rings. The Morgan fingerprint density at radius 3 is 3.00 bits per heavy atom. The van der Waals surface area contributed by atoms with Crippen LogP contribution in [0.3, 0.4) is 0 Å². The van der Waals surface area contributed by atoms with Crippen LogP contribution in [0.2, 0.25) is 0 Å². The van der Waals surface area contributed by atoms with Crippen LogP contribution in [0, 0.1) is 12.8 Å². The van der Waals surface area contributed by atoms with Gasteiger partial charge in [0.05, 0.1) is 12.1 Å². The number of carbonyl (C=O) groups excluding carboxylic acids is 1. The van der Waals surface area contributed by atoms with Crippen molar-refractivity contribution in [3.8, 4) is 0 Å². The molecule has 3 rings (SSSR count). The maximum Gasteiger partial charge on any atom is 0.252 e. The lowest BCUT2D eigenvalue weighted by Crippen LogP contribution is -2.31. The van der Waals surface area contributed by atoms with Crippen LogP contribution in [0.25, 0.3) is 0 Å². The molecular weight excluding hydrogens is 302 g/mol. The van der Waals surface area contributed by atoms with Crippen molar-refractivity contribution in [2.75, 3.05) is 19.6 Å². The molecule has 1 N–H and O–H groups in total. The van der Waals surface area contributed by atoms with Crippen molar-refractivity contribution in [1.29, 1.82) is 0 Å². The number of pyridine rings is 1. The molecule has 1 amide bonds. The van der Waals surface area contributed by atoms with E-state index in [1.54, 1.807) is 6.20 Å². The van der Waals surface area contributed by atoms with Crippen molar-refractivity contribution in [2.45, 2.75) is 33.4 Å². The van der Waals surface area contributed by atoms with Crippen LogP contribution >= 0.6 is 0 Å². The molecule has 1 saturated heterocycles. The average molecular weight is 327 g/mol. The number of rotatable bonds is 6. The van der Waals surface area contributed by atoms with E-state index in [0.29, 0.717) is 18.0 Å². The van der Waals surface area contributed by atoms with E-state index in [4.69, 9.17) is 0 Å². The minimum absolute atomic E-state index is 0.0394. The lowest BCUT2D eigenvalue weighted by molar-refractivity contribution is 0.0947. The Morgan fingerprint density at radius 2 is 2.25 bits per heavy atom. The number of aryl methyl sites for hydroxylation is 2. The van der Waals surface area contributed by atoms with Crippen LogP contribution < -0.4 is 5.32 Å². The summed E-state index contributed by atoms with van der Waals surface area (Å²) in [6.07, 6.45) is 6.64. The quantitative estimate of drug-likeness (QED) is 0.880. The van der Waals surface area contributed by atoms with Crippen molar-refractivity contribution >= 4 is 5.91 Å². The number of amides is 1. The van der Waals surface area contributed by atoms with Gasteiger partial charge >= 0.3 is 0 Å². The minimum atomic E-state index is -0.0394. The van der Waals surface area contributed by atoms with Crippen LogP contribution in [0.1, 0.15) is 35.2 Å². The Bertz CT molecular complexity index is 679. The number of imidazole rings is 1. The monoisotopic (exact) mass is 327 g/mol. The fraction of sp³-hybridized carbons (Fsp3) is 0.500. The smallest absolute Gasteiger partial charge is 0.252 e. The number of hydrogen-bond donors (Lipinski definition) is 1. The maximum absolute atomic E-state index is 12.2. The summed E-state index contributed by atoms with van der Waals surface area (Å²) in [6, 6.07) is 3.69. The zero-order chi connectivity index (χ0) is 16.9. The summed E-state index contributed by atoms with van der Waals surface area (Å²) < 4.78 is 2.18. The Kier molecular flexibility index (Phi) is 5.25. The highest BCUT2D eigenvalue weighted by Crippen LogP contribution is 2.17. The maximum atomic E-state index is 12.2. The molecular formula is C18H25N5O. The lowest BCUT2D eigenvalue weighted by atomic mass is 10.1. The second-order valence-electron chi connectivity index (χ2n) is 6.42. The van der Waals surface area contributed by atoms with E-state index >= 15 is 0 Å². The van der Waals surface area contributed by atoms with E-state index in [0.717, 1.165) is 44.1 Å². The van der Waals surface area contributed by atoms with E-state index in [-0.39, 0.29) is 5.91 Å². The van der Waals surface area contributed by atoms with Crippen molar-refractivity contribution < 1.29 is 4.79 Å². The summed E-state index contributed by atoms with van der Waals surface area (Å²) in [5.41, 5.74) is 1.55. The highest BCUT2D eigenvalue weighted by molar-refractivity contribution is 5.93. The molecule has 6 heteroatoms. The second kappa shape index (κ2) is 7.57. The average Bonchev–Trinajstić information content (AvgIpc) is 3.22. The van der Waals surface area contributed by atoms with Gasteiger partial charge in [0.25, 0.3) is 5.91 Å². The van der Waals surface area contributed by atoms with E-state index in [2.05, 4.69) is 31.7 Å². The Morgan fingerprint density at radius 1 is 1.38 bits per heavy atom. The van der Waals surface area contributed by atoms with Gasteiger partial charge in [0.15, 0.2) is 0 Å². The summed E-state index contributed by atoms with van der Waals surface area (Å²) in [5.74, 6) is 1.58. The molecule has 1 aliphatic rings. The van der Waals surface area contributed by atoms with Gasteiger partial charge in [-0.05, 0) is 44.9 Å². The van der Waals surface area contributed by atoms with Crippen LogP contribution in [-0.4, -0.2) is 45.0 Å². The number of likely N-dealkylation sites (tertiary alicyclic amines) is 1. The largest absolute Gasteiger partial charge is 0.352 e. The SMILES string of the molecule is CCn1ccnc1CN1CC[C@@H](CNC(=O)c2ccc(C)nc2)C1. The highest BCUT2D eigenvalue weighted by atomic mass is 16.1. The summed E-state index contributed by atoms with van der Waals surface area (Å²) in [5, 5.41) is 3.04. The Balaban J connectivity index is 1.46. The van der Waals surface area contributed by atoms with Crippen LogP contribution in [0.5, 0.6) is 0 Å². The molecule has 0 aromatic carbocycles. The molecule has 0 spiro atoms. The number of carbonyl (C=O) groups is 1. The molecule has 2 aromatic heterocycles. The minimum Gasteiger partial charge on any atom is -0.352 e. The molecule has 24 heavy (non-hydrogen) atoms. The fourth-order valence-corrected chi connectivity index (χ4v) is 3.14. The van der Waals surface area contributed by atoms with Gasteiger partial charge in [-0.3, -0.25) is 14.7 Å². The first kappa shape index (κ1) is 16.6. The third kappa shape index (κ3) is 4.00. The summed E-state index contributed by atoms with van der Waals surface area (Å²) >= 11 is 0. The highest BCUT2D eigenvalue weighted by Gasteiger charge is 2.24. The van der Waals surface area contributed by atoms with Gasteiger partial charge < -0.3 is 9.88 Å². The normalized spacial score (nSPS) is 18.0. The predicted molar refractivity (Wildman–Crippen MR) is 92.6 cm³/mol. The third-order valence-electron chi connectivity index (χ3n) is 4.60. The molecule has 6 nitrogen and oxygen atoms in total. The standard InChI is InChI=1S/C18H25N5O/c1-3-23-9-7-19-17(23)13-22-8-6-15(12-22)10-21-18(24)16-5-4-14(2)20-11-16/h4-5,7,9,11,15H,3,6,8,10,12-13H2,1-2H3,(H,21,24)/t15-/m0/s1. The summed E-state index contributed by atoms with van der Waals surface area (Å²) in [4.78, 5) is 23.2. The van der Waals surface area contributed by atoms with E-state index in [1.165, 1.54) is 0 Å². The second-order valence-corrected chi connectivity index (χ2v) is 6.42. The molecule has 1 aliphatic heterocycles. The number of aromatic nitrogens is 3. The van der Waals surface area contributed by atoms with Gasteiger partial charge in [-0.2, -0.15) is 0 Å². The van der Waals surface area contributed by atoms with Gasteiger partial charge in [-0.25, -0.2) is 4.98 Å². The van der Waals surface area contributed by atoms with Crippen LogP contribution in [0.4, 0.5) is 0 Å². The topological polar surface area (TPSA) is 63.1 Å². The molecule has 0 bridgehead atoms. The third-order valence-corrected chi connectivity index (χ3v) is 4.60. The first-order valence-electron chi connectivity index (χ1n) is 8.59. The first-order valence-corrected chi connectivity index (χ1v) is 8.59. The molecule has 3 heterocycles. The Hall–Kier alpha value is -2.21. The van der Waals surface area contributed by atoms with Gasteiger partial charge in [0.2, 0.25) is 0 Å². The van der Waals surface area contributed by atoms with E-state index in [9.17, 15) is 4.79 Å².